The summed E-state index contributed by atoms with van der Waals surface area (Å²) < 4.78 is 1.03. The van der Waals surface area contributed by atoms with Crippen molar-refractivity contribution in [1.29, 1.82) is 0 Å². The van der Waals surface area contributed by atoms with Crippen molar-refractivity contribution in [2.75, 3.05) is 0 Å². The van der Waals surface area contributed by atoms with Gasteiger partial charge < -0.3 is 10.4 Å². The molecule has 2 N–H and O–H groups in total. The van der Waals surface area contributed by atoms with Crippen LogP contribution in [0.15, 0.2) is 18.2 Å². The summed E-state index contributed by atoms with van der Waals surface area (Å²) in [7, 11) is 0. The van der Waals surface area contributed by atoms with E-state index in [0.717, 1.165) is 20.8 Å². The lowest BCUT2D eigenvalue weighted by Crippen LogP contribution is -2.23. The molecule has 2 rings (SSSR count). The second-order valence-electron chi connectivity index (χ2n) is 3.93. The van der Waals surface area contributed by atoms with E-state index < -0.39 is 0 Å². The van der Waals surface area contributed by atoms with E-state index in [2.05, 4.69) is 10.3 Å². The maximum absolute atomic E-state index is 11.0. The summed E-state index contributed by atoms with van der Waals surface area (Å²) in [5, 5.41) is 12.7. The monoisotopic (exact) mass is 250 g/mol. The molecule has 4 nitrogen and oxygen atoms in total. The Bertz CT molecular complexity index is 550. The molecule has 2 aromatic rings. The van der Waals surface area contributed by atoms with Crippen molar-refractivity contribution in [1.82, 2.24) is 10.3 Å². The lowest BCUT2D eigenvalue weighted by atomic mass is 10.2. The Labute approximate surface area is 103 Å². The minimum atomic E-state index is -0.0810. The molecule has 1 heterocycles. The number of amides is 1. The quantitative estimate of drug-likeness (QED) is 0.875. The number of nitrogens with zero attached hydrogens (tertiary/aromatic N) is 1. The maximum Gasteiger partial charge on any atom is 0.217 e. The van der Waals surface area contributed by atoms with Crippen LogP contribution >= 0.6 is 11.3 Å². The Hall–Kier alpha value is -1.46. The van der Waals surface area contributed by atoms with Gasteiger partial charge in [0, 0.05) is 6.92 Å². The van der Waals surface area contributed by atoms with E-state index in [1.807, 2.05) is 25.1 Å². The predicted octanol–water partition coefficient (Wildman–Crippen LogP) is 1.99. The topological polar surface area (TPSA) is 62.2 Å². The molecule has 0 fully saturated rings. The van der Waals surface area contributed by atoms with Crippen LogP contribution in [0.1, 0.15) is 30.5 Å². The fourth-order valence-corrected chi connectivity index (χ4v) is 2.67. The van der Waals surface area contributed by atoms with E-state index in [0.29, 0.717) is 0 Å². The molecule has 0 bridgehead atoms. The Balaban J connectivity index is 2.33. The average molecular weight is 250 g/mol. The van der Waals surface area contributed by atoms with E-state index in [4.69, 9.17) is 5.11 Å². The van der Waals surface area contributed by atoms with Crippen molar-refractivity contribution in [3.8, 4) is 0 Å². The first-order valence-corrected chi connectivity index (χ1v) is 6.19. The number of hydrogen-bond acceptors (Lipinski definition) is 4. The summed E-state index contributed by atoms with van der Waals surface area (Å²) in [5.74, 6) is -0.0622. The van der Waals surface area contributed by atoms with Crippen molar-refractivity contribution in [3.63, 3.8) is 0 Å². The zero-order valence-electron chi connectivity index (χ0n) is 9.73. The largest absolute Gasteiger partial charge is 0.392 e. The number of fused-ring (bicyclic) bond motifs is 1. The first kappa shape index (κ1) is 12.0. The van der Waals surface area contributed by atoms with Crippen molar-refractivity contribution in [3.05, 3.63) is 28.8 Å². The average Bonchev–Trinajstić information content (AvgIpc) is 2.70. The van der Waals surface area contributed by atoms with Gasteiger partial charge in [0.1, 0.15) is 5.01 Å². The first-order chi connectivity index (χ1) is 8.10. The van der Waals surface area contributed by atoms with Gasteiger partial charge in [0.05, 0.1) is 22.9 Å². The number of hydrogen-bond donors (Lipinski definition) is 2. The molecule has 1 unspecified atom stereocenters. The summed E-state index contributed by atoms with van der Waals surface area (Å²) in [6.45, 7) is 3.43. The van der Waals surface area contributed by atoms with Gasteiger partial charge in [-0.15, -0.1) is 11.3 Å². The normalized spacial score (nSPS) is 12.6. The molecule has 0 aliphatic carbocycles. The molecule has 0 radical (unpaired) electrons. The van der Waals surface area contributed by atoms with Gasteiger partial charge in [0.25, 0.3) is 0 Å². The highest BCUT2D eigenvalue weighted by Crippen LogP contribution is 2.27. The predicted molar refractivity (Wildman–Crippen MR) is 67.8 cm³/mol. The number of aliphatic hydroxyl groups excluding tert-OH is 1. The molecule has 0 spiro atoms. The van der Waals surface area contributed by atoms with Crippen LogP contribution in [0.4, 0.5) is 0 Å². The van der Waals surface area contributed by atoms with Gasteiger partial charge in [-0.3, -0.25) is 4.79 Å². The smallest absolute Gasteiger partial charge is 0.217 e. The minimum Gasteiger partial charge on any atom is -0.392 e. The Morgan fingerprint density at radius 3 is 3.00 bits per heavy atom. The van der Waals surface area contributed by atoms with E-state index in [1.165, 1.54) is 18.3 Å². The van der Waals surface area contributed by atoms with Crippen LogP contribution in [0.2, 0.25) is 0 Å². The summed E-state index contributed by atoms with van der Waals surface area (Å²) in [5.41, 5.74) is 1.78. The fraction of sp³-hybridized carbons (Fsp3) is 0.333. The molecule has 1 amide bonds. The third-order valence-corrected chi connectivity index (χ3v) is 3.64. The Kier molecular flexibility index (Phi) is 3.40. The molecule has 0 saturated carbocycles. The lowest BCUT2D eigenvalue weighted by molar-refractivity contribution is -0.119. The number of thiazole rings is 1. The van der Waals surface area contributed by atoms with Crippen LogP contribution < -0.4 is 5.32 Å². The number of aromatic nitrogens is 1. The summed E-state index contributed by atoms with van der Waals surface area (Å²) in [6.07, 6.45) is 0. The van der Waals surface area contributed by atoms with Gasteiger partial charge in [-0.05, 0) is 24.6 Å². The zero-order chi connectivity index (χ0) is 12.4. The molecule has 17 heavy (non-hydrogen) atoms. The van der Waals surface area contributed by atoms with E-state index in [-0.39, 0.29) is 18.6 Å². The van der Waals surface area contributed by atoms with Crippen LogP contribution in [0.3, 0.4) is 0 Å². The van der Waals surface area contributed by atoms with E-state index >= 15 is 0 Å². The lowest BCUT2D eigenvalue weighted by Gasteiger charge is -2.07. The second-order valence-corrected chi connectivity index (χ2v) is 5.00. The number of rotatable bonds is 3. The molecule has 0 aliphatic rings. The van der Waals surface area contributed by atoms with Crippen molar-refractivity contribution in [2.24, 2.45) is 0 Å². The highest BCUT2D eigenvalue weighted by atomic mass is 32.1. The number of aliphatic hydroxyl groups is 1. The molecular formula is C12H14N2O2S. The third-order valence-electron chi connectivity index (χ3n) is 2.44. The molecular weight excluding hydrogens is 236 g/mol. The van der Waals surface area contributed by atoms with Gasteiger partial charge in [-0.25, -0.2) is 4.98 Å². The minimum absolute atomic E-state index is 0.0322. The number of carbonyl (C=O) groups is 1. The first-order valence-electron chi connectivity index (χ1n) is 5.37. The van der Waals surface area contributed by atoms with Gasteiger partial charge >= 0.3 is 0 Å². The molecule has 1 aromatic heterocycles. The van der Waals surface area contributed by atoms with Crippen molar-refractivity contribution >= 4 is 27.5 Å². The standard InChI is InChI=1S/C12H14N2O2S/c1-7(13-8(2)16)12-14-10-4-3-9(6-15)5-11(10)17-12/h3-5,7,15H,6H2,1-2H3,(H,13,16). The van der Waals surface area contributed by atoms with Crippen LogP contribution in [-0.4, -0.2) is 16.0 Å². The summed E-state index contributed by atoms with van der Waals surface area (Å²) >= 11 is 1.54. The summed E-state index contributed by atoms with van der Waals surface area (Å²) in [6, 6.07) is 5.59. The Morgan fingerprint density at radius 2 is 2.35 bits per heavy atom. The molecule has 5 heteroatoms. The highest BCUT2D eigenvalue weighted by Gasteiger charge is 2.12. The van der Waals surface area contributed by atoms with Crippen molar-refractivity contribution < 1.29 is 9.90 Å². The number of carbonyl (C=O) groups excluding carboxylic acids is 1. The van der Waals surface area contributed by atoms with E-state index in [9.17, 15) is 4.79 Å². The maximum atomic E-state index is 11.0. The second kappa shape index (κ2) is 4.81. The zero-order valence-corrected chi connectivity index (χ0v) is 10.5. The van der Waals surface area contributed by atoms with E-state index in [1.54, 1.807) is 0 Å². The van der Waals surface area contributed by atoms with Crippen LogP contribution in [-0.2, 0) is 11.4 Å². The van der Waals surface area contributed by atoms with Crippen LogP contribution in [0.25, 0.3) is 10.2 Å². The molecule has 90 valence electrons. The molecule has 1 aromatic carbocycles. The van der Waals surface area contributed by atoms with Gasteiger partial charge in [-0.2, -0.15) is 0 Å². The highest BCUT2D eigenvalue weighted by molar-refractivity contribution is 7.18. The Morgan fingerprint density at radius 1 is 1.59 bits per heavy atom. The number of nitrogens with one attached hydrogen (secondary N) is 1. The van der Waals surface area contributed by atoms with Crippen LogP contribution in [0.5, 0.6) is 0 Å². The van der Waals surface area contributed by atoms with Gasteiger partial charge in [0.2, 0.25) is 5.91 Å². The van der Waals surface area contributed by atoms with Crippen LogP contribution in [0, 0.1) is 0 Å². The van der Waals surface area contributed by atoms with Crippen molar-refractivity contribution in [2.45, 2.75) is 26.5 Å². The summed E-state index contributed by atoms with van der Waals surface area (Å²) in [4.78, 5) is 15.4. The number of benzene rings is 1. The van der Waals surface area contributed by atoms with Gasteiger partial charge in [0.15, 0.2) is 0 Å². The molecule has 1 atom stereocenters. The molecule has 0 aliphatic heterocycles. The SMILES string of the molecule is CC(=O)NC(C)c1nc2ccc(CO)cc2s1. The third kappa shape index (κ3) is 2.62. The fourth-order valence-electron chi connectivity index (χ4n) is 1.64. The van der Waals surface area contributed by atoms with Gasteiger partial charge in [-0.1, -0.05) is 6.07 Å². The molecule has 0 saturated heterocycles.